The first-order chi connectivity index (χ1) is 18.1. The highest BCUT2D eigenvalue weighted by Crippen LogP contribution is 2.69. The van der Waals surface area contributed by atoms with Crippen molar-refractivity contribution in [3.05, 3.63) is 52.6 Å². The molecule has 0 radical (unpaired) electrons. The molecule has 0 bridgehead atoms. The van der Waals surface area contributed by atoms with Gasteiger partial charge in [0, 0.05) is 24.9 Å². The second-order valence-corrected chi connectivity index (χ2v) is 11.4. The second kappa shape index (κ2) is 9.81. The number of hydrogen-bond donors (Lipinski definition) is 2. The Bertz CT molecular complexity index is 1300. The molecular weight excluding hydrogens is 485 g/mol. The standard InChI is InChI=1S/C31H34FNO5/c1-18(35)38-17-28(37)31(11-3-13-34)12-10-26-24-15-27(32)23-14-21(36)8-9-22(23)29(24)25(16-30(26,31)2)19-4-6-20(33)7-5-19/h4-7,14,24-27,34H,8-10,12-13,15-17,33H2,1-2H3/t24-,25+,26-,27?,30-,31-/m0/s1. The van der Waals surface area contributed by atoms with Crippen molar-refractivity contribution in [3.8, 4) is 11.8 Å². The number of fused-ring (bicyclic) bond motifs is 4. The topological polar surface area (TPSA) is 107 Å². The molecule has 0 aromatic heterocycles. The number of aliphatic hydroxyl groups excluding tert-OH is 1. The van der Waals surface area contributed by atoms with E-state index in [2.05, 4.69) is 18.8 Å². The summed E-state index contributed by atoms with van der Waals surface area (Å²) in [6, 6.07) is 7.68. The largest absolute Gasteiger partial charge is 0.458 e. The molecule has 5 rings (SSSR count). The molecule has 4 aliphatic carbocycles. The van der Waals surface area contributed by atoms with Gasteiger partial charge in [0.15, 0.2) is 18.2 Å². The number of benzene rings is 1. The Balaban J connectivity index is 1.69. The summed E-state index contributed by atoms with van der Waals surface area (Å²) >= 11 is 0. The Labute approximate surface area is 222 Å². The predicted octanol–water partition coefficient (Wildman–Crippen LogP) is 4.23. The summed E-state index contributed by atoms with van der Waals surface area (Å²) in [4.78, 5) is 37.6. The third kappa shape index (κ3) is 4.10. The quantitative estimate of drug-likeness (QED) is 0.350. The zero-order valence-corrected chi connectivity index (χ0v) is 21.9. The van der Waals surface area contributed by atoms with Crippen LogP contribution in [0.3, 0.4) is 0 Å². The number of halogens is 1. The van der Waals surface area contributed by atoms with E-state index in [1.54, 1.807) is 0 Å². The SMILES string of the molecule is CC(=O)OCC(=O)[C@]1(C#CCO)CC[C@H]2[C@@H]3CC(F)C4=CC(=O)CCC4=C3[C@@H](c3ccc(N)cc3)C[C@@]21C. The van der Waals surface area contributed by atoms with Gasteiger partial charge in [0.25, 0.3) is 0 Å². The number of carbonyl (C=O) groups is 3. The van der Waals surface area contributed by atoms with Gasteiger partial charge >= 0.3 is 5.97 Å². The van der Waals surface area contributed by atoms with Gasteiger partial charge in [-0.15, -0.1) is 0 Å². The van der Waals surface area contributed by atoms with Crippen molar-refractivity contribution < 1.29 is 28.6 Å². The fraction of sp³-hybridized carbons (Fsp3) is 0.516. The van der Waals surface area contributed by atoms with E-state index >= 15 is 4.39 Å². The Morgan fingerprint density at radius 3 is 2.66 bits per heavy atom. The minimum Gasteiger partial charge on any atom is -0.458 e. The molecule has 0 amide bonds. The number of nitrogen functional groups attached to an aromatic ring is 1. The Morgan fingerprint density at radius 2 is 1.97 bits per heavy atom. The van der Waals surface area contributed by atoms with Gasteiger partial charge in [-0.1, -0.05) is 36.5 Å². The van der Waals surface area contributed by atoms with Crippen LogP contribution in [-0.4, -0.2) is 42.0 Å². The van der Waals surface area contributed by atoms with Gasteiger partial charge in [0.2, 0.25) is 0 Å². The van der Waals surface area contributed by atoms with Crippen molar-refractivity contribution in [1.29, 1.82) is 0 Å². The highest BCUT2D eigenvalue weighted by atomic mass is 19.1. The first kappa shape index (κ1) is 26.4. The molecule has 38 heavy (non-hydrogen) atoms. The van der Waals surface area contributed by atoms with Crippen molar-refractivity contribution in [2.24, 2.45) is 22.7 Å². The normalized spacial score (nSPS) is 33.8. The number of Topliss-reactive ketones (excluding diaryl/α,β-unsaturated/α-hetero) is 1. The van der Waals surface area contributed by atoms with Gasteiger partial charge in [0.1, 0.15) is 12.8 Å². The lowest BCUT2D eigenvalue weighted by Crippen LogP contribution is -2.52. The van der Waals surface area contributed by atoms with Crippen molar-refractivity contribution in [3.63, 3.8) is 0 Å². The summed E-state index contributed by atoms with van der Waals surface area (Å²) in [6.45, 7) is 2.55. The Kier molecular flexibility index (Phi) is 6.81. The van der Waals surface area contributed by atoms with Crippen molar-refractivity contribution in [2.75, 3.05) is 18.9 Å². The first-order valence-corrected chi connectivity index (χ1v) is 13.4. The summed E-state index contributed by atoms with van der Waals surface area (Å²) in [5.41, 5.74) is 8.54. The van der Waals surface area contributed by atoms with E-state index < -0.39 is 29.6 Å². The predicted molar refractivity (Wildman–Crippen MR) is 140 cm³/mol. The molecule has 6 nitrogen and oxygen atoms in total. The van der Waals surface area contributed by atoms with Gasteiger partial charge in [-0.3, -0.25) is 14.4 Å². The van der Waals surface area contributed by atoms with Crippen LogP contribution >= 0.6 is 0 Å². The van der Waals surface area contributed by atoms with E-state index in [4.69, 9.17) is 10.5 Å². The molecule has 4 aliphatic rings. The highest BCUT2D eigenvalue weighted by Gasteiger charge is 2.66. The van der Waals surface area contributed by atoms with Gasteiger partial charge in [-0.05, 0) is 84.3 Å². The van der Waals surface area contributed by atoms with E-state index in [0.717, 1.165) is 11.1 Å². The van der Waals surface area contributed by atoms with Crippen LogP contribution in [-0.2, 0) is 19.1 Å². The monoisotopic (exact) mass is 519 g/mol. The molecule has 2 fully saturated rings. The molecule has 1 aromatic carbocycles. The van der Waals surface area contributed by atoms with Crippen LogP contribution in [0, 0.1) is 34.5 Å². The minimum atomic E-state index is -1.24. The minimum absolute atomic E-state index is 0.0262. The summed E-state index contributed by atoms with van der Waals surface area (Å²) < 4.78 is 20.9. The van der Waals surface area contributed by atoms with Gasteiger partial charge in [-0.25, -0.2) is 4.39 Å². The zero-order valence-electron chi connectivity index (χ0n) is 21.9. The maximum atomic E-state index is 15.7. The lowest BCUT2D eigenvalue weighted by Gasteiger charge is -2.55. The lowest BCUT2D eigenvalue weighted by molar-refractivity contribution is -0.150. The van der Waals surface area contributed by atoms with E-state index in [-0.39, 0.29) is 42.3 Å². The van der Waals surface area contributed by atoms with Crippen LogP contribution in [0.1, 0.15) is 63.9 Å². The molecule has 200 valence electrons. The second-order valence-electron chi connectivity index (χ2n) is 11.4. The third-order valence-electron chi connectivity index (χ3n) is 9.55. The summed E-state index contributed by atoms with van der Waals surface area (Å²) in [7, 11) is 0. The van der Waals surface area contributed by atoms with Gasteiger partial charge in [-0.2, -0.15) is 0 Å². The Hall–Kier alpha value is -3.24. The molecule has 0 spiro atoms. The van der Waals surface area contributed by atoms with Crippen LogP contribution in [0.15, 0.2) is 47.1 Å². The fourth-order valence-corrected chi connectivity index (χ4v) is 7.90. The van der Waals surface area contributed by atoms with Gasteiger partial charge < -0.3 is 15.6 Å². The molecule has 1 aromatic rings. The molecule has 6 atom stereocenters. The smallest absolute Gasteiger partial charge is 0.303 e. The van der Waals surface area contributed by atoms with Crippen molar-refractivity contribution in [2.45, 2.75) is 64.5 Å². The molecule has 0 aliphatic heterocycles. The van der Waals surface area contributed by atoms with Crippen LogP contribution in [0.25, 0.3) is 0 Å². The average Bonchev–Trinajstić information content (AvgIpc) is 3.19. The number of carbonyl (C=O) groups excluding carboxylic acids is 3. The molecule has 2 saturated carbocycles. The summed E-state index contributed by atoms with van der Waals surface area (Å²) in [6.07, 6.45) is 3.10. The maximum absolute atomic E-state index is 15.7. The number of allylic oxidation sites excluding steroid dienone is 4. The number of ketones is 2. The molecule has 0 heterocycles. The number of anilines is 1. The summed E-state index contributed by atoms with van der Waals surface area (Å²) in [5.74, 6) is 4.76. The molecule has 3 N–H and O–H groups in total. The highest BCUT2D eigenvalue weighted by molar-refractivity contribution is 5.93. The van der Waals surface area contributed by atoms with E-state index in [0.29, 0.717) is 43.4 Å². The number of alkyl halides is 1. The van der Waals surface area contributed by atoms with Crippen molar-refractivity contribution in [1.82, 2.24) is 0 Å². The van der Waals surface area contributed by atoms with Crippen LogP contribution in [0.4, 0.5) is 10.1 Å². The number of aliphatic hydroxyl groups is 1. The van der Waals surface area contributed by atoms with Crippen LogP contribution in [0.5, 0.6) is 0 Å². The third-order valence-corrected chi connectivity index (χ3v) is 9.55. The number of esters is 1. The molecular formula is C31H34FNO5. The van der Waals surface area contributed by atoms with E-state index in [1.807, 2.05) is 24.3 Å². The number of nitrogens with two attached hydrogens (primary N) is 1. The average molecular weight is 520 g/mol. The number of rotatable bonds is 4. The first-order valence-electron chi connectivity index (χ1n) is 13.4. The number of hydrogen-bond acceptors (Lipinski definition) is 6. The summed E-state index contributed by atoms with van der Waals surface area (Å²) in [5, 5.41) is 9.58. The maximum Gasteiger partial charge on any atom is 0.303 e. The fourth-order valence-electron chi connectivity index (χ4n) is 7.90. The van der Waals surface area contributed by atoms with E-state index in [1.165, 1.54) is 18.6 Å². The lowest BCUT2D eigenvalue weighted by atomic mass is 9.48. The van der Waals surface area contributed by atoms with Crippen LogP contribution in [0.2, 0.25) is 0 Å². The number of ether oxygens (including phenoxy) is 1. The Morgan fingerprint density at radius 1 is 1.24 bits per heavy atom. The van der Waals surface area contributed by atoms with Crippen molar-refractivity contribution >= 4 is 23.2 Å². The van der Waals surface area contributed by atoms with E-state index in [9.17, 15) is 19.5 Å². The zero-order chi connectivity index (χ0) is 27.2. The molecule has 0 saturated heterocycles. The van der Waals surface area contributed by atoms with Gasteiger partial charge in [0.05, 0.1) is 5.41 Å². The molecule has 7 heteroatoms. The van der Waals surface area contributed by atoms with Crippen LogP contribution < -0.4 is 5.73 Å². The molecule has 1 unspecified atom stereocenters.